The summed E-state index contributed by atoms with van der Waals surface area (Å²) in [6, 6.07) is 1.49. The number of aliphatic carboxylic acids is 1. The van der Waals surface area contributed by atoms with Crippen LogP contribution in [0.15, 0.2) is 6.07 Å². The van der Waals surface area contributed by atoms with Crippen LogP contribution in [0.4, 0.5) is 5.82 Å². The zero-order valence-electron chi connectivity index (χ0n) is 11.9. The molecular weight excluding hydrogens is 262 g/mol. The van der Waals surface area contributed by atoms with E-state index in [-0.39, 0.29) is 12.6 Å². The second kappa shape index (κ2) is 6.04. The average Bonchev–Trinajstić information content (AvgIpc) is 2.88. The minimum absolute atomic E-state index is 0.225. The lowest BCUT2D eigenvalue weighted by molar-refractivity contribution is -0.141. The van der Waals surface area contributed by atoms with Crippen molar-refractivity contribution in [2.75, 3.05) is 31.8 Å². The lowest BCUT2D eigenvalue weighted by atomic mass is 10.0. The standard InChI is InChI=1S/C13H19N3O4/c1-4-16(10-7-20-6-9(10)13(17)18)11-5-12(19-3)15-8(2)14-11/h5,9-10H,4,6-7H2,1-3H3,(H,17,18). The molecule has 7 nitrogen and oxygen atoms in total. The van der Waals surface area contributed by atoms with Gasteiger partial charge in [0.25, 0.3) is 0 Å². The van der Waals surface area contributed by atoms with Gasteiger partial charge in [0.05, 0.1) is 26.4 Å². The van der Waals surface area contributed by atoms with E-state index >= 15 is 0 Å². The fraction of sp³-hybridized carbons (Fsp3) is 0.615. The molecule has 7 heteroatoms. The summed E-state index contributed by atoms with van der Waals surface area (Å²) >= 11 is 0. The molecule has 1 aromatic rings. The first-order valence-electron chi connectivity index (χ1n) is 6.53. The van der Waals surface area contributed by atoms with Gasteiger partial charge in [0.15, 0.2) is 0 Å². The van der Waals surface area contributed by atoms with Gasteiger partial charge in [-0.1, -0.05) is 0 Å². The monoisotopic (exact) mass is 281 g/mol. The molecule has 1 aromatic heterocycles. The van der Waals surface area contributed by atoms with Crippen LogP contribution in [-0.2, 0) is 9.53 Å². The zero-order chi connectivity index (χ0) is 14.7. The molecule has 2 atom stereocenters. The van der Waals surface area contributed by atoms with Crippen molar-refractivity contribution in [3.63, 3.8) is 0 Å². The molecule has 1 aliphatic heterocycles. The summed E-state index contributed by atoms with van der Waals surface area (Å²) in [5.74, 6) is 0.332. The summed E-state index contributed by atoms with van der Waals surface area (Å²) in [5, 5.41) is 9.27. The number of anilines is 1. The number of carboxylic acid groups (broad SMARTS) is 1. The molecule has 1 fully saturated rings. The molecule has 2 unspecified atom stereocenters. The van der Waals surface area contributed by atoms with Crippen molar-refractivity contribution < 1.29 is 19.4 Å². The Hall–Kier alpha value is -1.89. The van der Waals surface area contributed by atoms with Crippen LogP contribution in [0.5, 0.6) is 5.88 Å². The number of likely N-dealkylation sites (N-methyl/N-ethyl adjacent to an activating group) is 1. The van der Waals surface area contributed by atoms with Gasteiger partial charge in [-0.25, -0.2) is 4.98 Å². The highest BCUT2D eigenvalue weighted by molar-refractivity contribution is 5.72. The van der Waals surface area contributed by atoms with Gasteiger partial charge >= 0.3 is 5.97 Å². The first-order valence-corrected chi connectivity index (χ1v) is 6.53. The number of hydrogen-bond donors (Lipinski definition) is 1. The number of ether oxygens (including phenoxy) is 2. The molecule has 0 aromatic carbocycles. The van der Waals surface area contributed by atoms with Gasteiger partial charge in [-0.15, -0.1) is 0 Å². The predicted molar refractivity (Wildman–Crippen MR) is 72.1 cm³/mol. The third-order valence-electron chi connectivity index (χ3n) is 3.41. The Morgan fingerprint density at radius 1 is 1.55 bits per heavy atom. The van der Waals surface area contributed by atoms with E-state index in [0.717, 1.165) is 0 Å². The van der Waals surface area contributed by atoms with Gasteiger partial charge in [0.2, 0.25) is 5.88 Å². The average molecular weight is 281 g/mol. The molecule has 20 heavy (non-hydrogen) atoms. The number of carboxylic acids is 1. The van der Waals surface area contributed by atoms with Gasteiger partial charge in [0, 0.05) is 12.6 Å². The molecule has 2 heterocycles. The van der Waals surface area contributed by atoms with Crippen molar-refractivity contribution >= 4 is 11.8 Å². The van der Waals surface area contributed by atoms with Crippen molar-refractivity contribution in [3.8, 4) is 5.88 Å². The SMILES string of the molecule is CCN(c1cc(OC)nc(C)n1)C1COCC1C(=O)O. The lowest BCUT2D eigenvalue weighted by Gasteiger charge is -2.30. The third-order valence-corrected chi connectivity index (χ3v) is 3.41. The third kappa shape index (κ3) is 2.82. The van der Waals surface area contributed by atoms with Gasteiger partial charge in [-0.05, 0) is 13.8 Å². The van der Waals surface area contributed by atoms with E-state index < -0.39 is 11.9 Å². The van der Waals surface area contributed by atoms with Gasteiger partial charge < -0.3 is 19.5 Å². The maximum Gasteiger partial charge on any atom is 0.311 e. The molecule has 0 spiro atoms. The van der Waals surface area contributed by atoms with Crippen LogP contribution in [0.2, 0.25) is 0 Å². The number of nitrogens with zero attached hydrogens (tertiary/aromatic N) is 3. The molecule has 0 aliphatic carbocycles. The van der Waals surface area contributed by atoms with E-state index in [9.17, 15) is 9.90 Å². The fourth-order valence-corrected chi connectivity index (χ4v) is 2.43. The number of aromatic nitrogens is 2. The van der Waals surface area contributed by atoms with Crippen molar-refractivity contribution in [1.29, 1.82) is 0 Å². The molecule has 1 saturated heterocycles. The lowest BCUT2D eigenvalue weighted by Crippen LogP contribution is -2.43. The van der Waals surface area contributed by atoms with E-state index in [0.29, 0.717) is 30.7 Å². The van der Waals surface area contributed by atoms with E-state index in [1.54, 1.807) is 20.1 Å². The first-order chi connectivity index (χ1) is 9.56. The largest absolute Gasteiger partial charge is 0.481 e. The Labute approximate surface area is 117 Å². The molecule has 0 bridgehead atoms. The van der Waals surface area contributed by atoms with Gasteiger partial charge in [-0.3, -0.25) is 4.79 Å². The van der Waals surface area contributed by atoms with E-state index in [1.165, 1.54) is 0 Å². The van der Waals surface area contributed by atoms with Crippen molar-refractivity contribution in [2.45, 2.75) is 19.9 Å². The summed E-state index contributed by atoms with van der Waals surface area (Å²) in [5.41, 5.74) is 0. The molecule has 0 radical (unpaired) electrons. The van der Waals surface area contributed by atoms with Crippen molar-refractivity contribution in [3.05, 3.63) is 11.9 Å². The molecule has 110 valence electrons. The fourth-order valence-electron chi connectivity index (χ4n) is 2.43. The summed E-state index contributed by atoms with van der Waals surface area (Å²) in [6.45, 7) is 4.99. The minimum atomic E-state index is -0.844. The quantitative estimate of drug-likeness (QED) is 0.851. The van der Waals surface area contributed by atoms with Crippen LogP contribution in [0, 0.1) is 12.8 Å². The highest BCUT2D eigenvalue weighted by atomic mass is 16.5. The number of aryl methyl sites for hydroxylation is 1. The summed E-state index contributed by atoms with van der Waals surface area (Å²) in [7, 11) is 1.54. The smallest absolute Gasteiger partial charge is 0.311 e. The van der Waals surface area contributed by atoms with E-state index in [1.807, 2.05) is 11.8 Å². The Morgan fingerprint density at radius 2 is 2.30 bits per heavy atom. The highest BCUT2D eigenvalue weighted by Crippen LogP contribution is 2.26. The van der Waals surface area contributed by atoms with Gasteiger partial charge in [0.1, 0.15) is 17.6 Å². The molecule has 0 amide bonds. The Morgan fingerprint density at radius 3 is 2.90 bits per heavy atom. The van der Waals surface area contributed by atoms with Crippen LogP contribution in [0.25, 0.3) is 0 Å². The Kier molecular flexibility index (Phi) is 4.39. The second-order valence-corrected chi connectivity index (χ2v) is 4.65. The molecular formula is C13H19N3O4. The van der Waals surface area contributed by atoms with Crippen molar-refractivity contribution in [2.24, 2.45) is 5.92 Å². The Bertz CT molecular complexity index is 495. The zero-order valence-corrected chi connectivity index (χ0v) is 11.9. The number of hydrogen-bond acceptors (Lipinski definition) is 6. The van der Waals surface area contributed by atoms with Crippen LogP contribution >= 0.6 is 0 Å². The van der Waals surface area contributed by atoms with Crippen LogP contribution in [0.1, 0.15) is 12.7 Å². The summed E-state index contributed by atoms with van der Waals surface area (Å²) in [4.78, 5) is 21.7. The van der Waals surface area contributed by atoms with E-state index in [2.05, 4.69) is 9.97 Å². The molecule has 2 rings (SSSR count). The minimum Gasteiger partial charge on any atom is -0.481 e. The number of rotatable bonds is 5. The second-order valence-electron chi connectivity index (χ2n) is 4.65. The number of carbonyl (C=O) groups is 1. The van der Waals surface area contributed by atoms with Gasteiger partial charge in [-0.2, -0.15) is 4.98 Å². The van der Waals surface area contributed by atoms with E-state index in [4.69, 9.17) is 9.47 Å². The Balaban J connectivity index is 2.32. The molecule has 0 saturated carbocycles. The van der Waals surface area contributed by atoms with Crippen LogP contribution < -0.4 is 9.64 Å². The predicted octanol–water partition coefficient (Wildman–Crippen LogP) is 0.720. The number of methoxy groups -OCH3 is 1. The van der Waals surface area contributed by atoms with Crippen molar-refractivity contribution in [1.82, 2.24) is 9.97 Å². The summed E-state index contributed by atoms with van der Waals surface area (Å²) in [6.07, 6.45) is 0. The maximum absolute atomic E-state index is 11.3. The molecule has 1 N–H and O–H groups in total. The van der Waals surface area contributed by atoms with Crippen LogP contribution in [0.3, 0.4) is 0 Å². The normalized spacial score (nSPS) is 21.8. The molecule has 1 aliphatic rings. The maximum atomic E-state index is 11.3. The highest BCUT2D eigenvalue weighted by Gasteiger charge is 2.38. The summed E-state index contributed by atoms with van der Waals surface area (Å²) < 4.78 is 10.5. The van der Waals surface area contributed by atoms with Crippen LogP contribution in [-0.4, -0.2) is 54.0 Å². The first kappa shape index (κ1) is 14.5. The topological polar surface area (TPSA) is 84.8 Å².